The van der Waals surface area contributed by atoms with Crippen LogP contribution in [0.1, 0.15) is 18.4 Å². The molecule has 5 nitrogen and oxygen atoms in total. The van der Waals surface area contributed by atoms with Gasteiger partial charge in [-0.3, -0.25) is 4.79 Å². The molecule has 106 valence electrons. The summed E-state index contributed by atoms with van der Waals surface area (Å²) in [5.74, 6) is 0.0804. The molecule has 2 amide bonds. The Balaban J connectivity index is 1.64. The molecule has 0 saturated carbocycles. The average molecular weight is 274 g/mol. The summed E-state index contributed by atoms with van der Waals surface area (Å²) in [6, 6.07) is 8.04. The number of aryl methyl sites for hydroxylation is 1. The van der Waals surface area contributed by atoms with Crippen LogP contribution in [-0.4, -0.2) is 43.1 Å². The van der Waals surface area contributed by atoms with Crippen molar-refractivity contribution in [1.29, 1.82) is 0 Å². The molecule has 0 aromatic heterocycles. The SMILES string of the molecule is O=C1OCCN1CCC(=O)N1CCCc2ccccc21. The highest BCUT2D eigenvalue weighted by Gasteiger charge is 2.25. The Bertz CT molecular complexity index is 530. The van der Waals surface area contributed by atoms with Crippen LogP contribution in [0.3, 0.4) is 0 Å². The van der Waals surface area contributed by atoms with E-state index in [1.807, 2.05) is 23.1 Å². The lowest BCUT2D eigenvalue weighted by molar-refractivity contribution is -0.118. The van der Waals surface area contributed by atoms with Gasteiger partial charge in [-0.15, -0.1) is 0 Å². The normalized spacial score (nSPS) is 17.9. The number of hydrogen-bond donors (Lipinski definition) is 0. The number of amides is 2. The third kappa shape index (κ3) is 2.48. The van der Waals surface area contributed by atoms with Crippen LogP contribution in [0.5, 0.6) is 0 Å². The molecular weight excluding hydrogens is 256 g/mol. The van der Waals surface area contributed by atoms with E-state index in [1.54, 1.807) is 4.90 Å². The van der Waals surface area contributed by atoms with Gasteiger partial charge >= 0.3 is 6.09 Å². The van der Waals surface area contributed by atoms with Gasteiger partial charge in [0.2, 0.25) is 5.91 Å². The first kappa shape index (κ1) is 13.0. The summed E-state index contributed by atoms with van der Waals surface area (Å²) >= 11 is 0. The van der Waals surface area contributed by atoms with Crippen LogP contribution >= 0.6 is 0 Å². The van der Waals surface area contributed by atoms with Gasteiger partial charge in [-0.05, 0) is 24.5 Å². The van der Waals surface area contributed by atoms with Crippen molar-refractivity contribution < 1.29 is 14.3 Å². The summed E-state index contributed by atoms with van der Waals surface area (Å²) in [5, 5.41) is 0. The fourth-order valence-electron chi connectivity index (χ4n) is 2.79. The summed E-state index contributed by atoms with van der Waals surface area (Å²) in [7, 11) is 0. The first-order valence-electron chi connectivity index (χ1n) is 7.06. The number of carbonyl (C=O) groups is 2. The zero-order valence-corrected chi connectivity index (χ0v) is 11.4. The molecule has 1 fully saturated rings. The molecule has 0 N–H and O–H groups in total. The first-order chi connectivity index (χ1) is 9.75. The molecule has 0 aliphatic carbocycles. The van der Waals surface area contributed by atoms with Gasteiger partial charge in [0.1, 0.15) is 6.61 Å². The van der Waals surface area contributed by atoms with Crippen molar-refractivity contribution in [3.8, 4) is 0 Å². The quantitative estimate of drug-likeness (QED) is 0.844. The van der Waals surface area contributed by atoms with E-state index in [2.05, 4.69) is 6.07 Å². The zero-order chi connectivity index (χ0) is 13.9. The summed E-state index contributed by atoms with van der Waals surface area (Å²) < 4.78 is 4.86. The van der Waals surface area contributed by atoms with E-state index in [0.717, 1.165) is 25.1 Å². The summed E-state index contributed by atoms with van der Waals surface area (Å²) in [6.45, 7) is 2.22. The second-order valence-corrected chi connectivity index (χ2v) is 5.13. The van der Waals surface area contributed by atoms with Crippen LogP contribution in [0.4, 0.5) is 10.5 Å². The molecule has 2 aliphatic heterocycles. The van der Waals surface area contributed by atoms with Crippen molar-refractivity contribution in [3.05, 3.63) is 29.8 Å². The number of para-hydroxylation sites is 1. The van der Waals surface area contributed by atoms with Crippen LogP contribution in [0.25, 0.3) is 0 Å². The molecule has 1 saturated heterocycles. The second-order valence-electron chi connectivity index (χ2n) is 5.13. The monoisotopic (exact) mass is 274 g/mol. The molecule has 3 rings (SSSR count). The molecule has 1 aromatic carbocycles. The highest BCUT2D eigenvalue weighted by molar-refractivity contribution is 5.94. The predicted molar refractivity (Wildman–Crippen MR) is 74.7 cm³/mol. The Morgan fingerprint density at radius 3 is 2.90 bits per heavy atom. The Kier molecular flexibility index (Phi) is 3.58. The van der Waals surface area contributed by atoms with Crippen LogP contribution in [0, 0.1) is 0 Å². The number of anilines is 1. The fourth-order valence-corrected chi connectivity index (χ4v) is 2.79. The lowest BCUT2D eigenvalue weighted by atomic mass is 10.0. The Morgan fingerprint density at radius 1 is 1.25 bits per heavy atom. The second kappa shape index (κ2) is 5.53. The van der Waals surface area contributed by atoms with Crippen LogP contribution in [0.15, 0.2) is 24.3 Å². The van der Waals surface area contributed by atoms with Gasteiger partial charge in [-0.25, -0.2) is 4.79 Å². The molecular formula is C15H18N2O3. The minimum Gasteiger partial charge on any atom is -0.448 e. The Hall–Kier alpha value is -2.04. The third-order valence-electron chi connectivity index (χ3n) is 3.85. The maximum Gasteiger partial charge on any atom is 0.409 e. The number of fused-ring (bicyclic) bond motifs is 1. The van der Waals surface area contributed by atoms with Gasteiger partial charge in [0.25, 0.3) is 0 Å². The number of ether oxygens (including phenoxy) is 1. The minimum atomic E-state index is -0.308. The van der Waals surface area contributed by atoms with E-state index in [4.69, 9.17) is 4.74 Å². The van der Waals surface area contributed by atoms with Gasteiger partial charge in [-0.1, -0.05) is 18.2 Å². The largest absolute Gasteiger partial charge is 0.448 e. The number of cyclic esters (lactones) is 1. The third-order valence-corrected chi connectivity index (χ3v) is 3.85. The Morgan fingerprint density at radius 2 is 2.10 bits per heavy atom. The van der Waals surface area contributed by atoms with E-state index in [-0.39, 0.29) is 12.0 Å². The van der Waals surface area contributed by atoms with Crippen molar-refractivity contribution >= 4 is 17.7 Å². The van der Waals surface area contributed by atoms with Gasteiger partial charge in [0.15, 0.2) is 0 Å². The number of nitrogens with zero attached hydrogens (tertiary/aromatic N) is 2. The molecule has 0 spiro atoms. The molecule has 2 aliphatic rings. The maximum absolute atomic E-state index is 12.4. The average Bonchev–Trinajstić information content (AvgIpc) is 2.89. The van der Waals surface area contributed by atoms with E-state index in [0.29, 0.717) is 26.1 Å². The highest BCUT2D eigenvalue weighted by Crippen LogP contribution is 2.27. The molecule has 0 bridgehead atoms. The number of rotatable bonds is 3. The van der Waals surface area contributed by atoms with Gasteiger partial charge < -0.3 is 14.5 Å². The van der Waals surface area contributed by atoms with E-state index >= 15 is 0 Å². The van der Waals surface area contributed by atoms with Gasteiger partial charge in [-0.2, -0.15) is 0 Å². The van der Waals surface area contributed by atoms with Crippen molar-refractivity contribution in [1.82, 2.24) is 4.90 Å². The molecule has 0 radical (unpaired) electrons. The van der Waals surface area contributed by atoms with Gasteiger partial charge in [0, 0.05) is 25.2 Å². The predicted octanol–water partition coefficient (Wildman–Crippen LogP) is 1.81. The van der Waals surface area contributed by atoms with Crippen molar-refractivity contribution in [2.75, 3.05) is 31.1 Å². The summed E-state index contributed by atoms with van der Waals surface area (Å²) in [4.78, 5) is 27.2. The standard InChI is InChI=1S/C15H18N2O3/c18-14(7-9-16-10-11-20-15(16)19)17-8-3-5-12-4-1-2-6-13(12)17/h1-2,4,6H,3,5,7-11H2. The lowest BCUT2D eigenvalue weighted by Crippen LogP contribution is -2.38. The molecule has 0 atom stereocenters. The molecule has 0 unspecified atom stereocenters. The molecule has 5 heteroatoms. The van der Waals surface area contributed by atoms with E-state index in [1.165, 1.54) is 5.56 Å². The lowest BCUT2D eigenvalue weighted by Gasteiger charge is -2.29. The fraction of sp³-hybridized carbons (Fsp3) is 0.467. The van der Waals surface area contributed by atoms with E-state index in [9.17, 15) is 9.59 Å². The Labute approximate surface area is 118 Å². The van der Waals surface area contributed by atoms with Crippen molar-refractivity contribution in [3.63, 3.8) is 0 Å². The smallest absolute Gasteiger partial charge is 0.409 e. The van der Waals surface area contributed by atoms with E-state index < -0.39 is 0 Å². The van der Waals surface area contributed by atoms with Gasteiger partial charge in [0.05, 0.1) is 6.54 Å². The maximum atomic E-state index is 12.4. The summed E-state index contributed by atoms with van der Waals surface area (Å²) in [5.41, 5.74) is 2.25. The molecule has 2 heterocycles. The van der Waals surface area contributed by atoms with Crippen molar-refractivity contribution in [2.24, 2.45) is 0 Å². The van der Waals surface area contributed by atoms with Crippen molar-refractivity contribution in [2.45, 2.75) is 19.3 Å². The van der Waals surface area contributed by atoms with Crippen LogP contribution in [0.2, 0.25) is 0 Å². The number of benzene rings is 1. The zero-order valence-electron chi connectivity index (χ0n) is 11.4. The molecule has 1 aromatic rings. The minimum absolute atomic E-state index is 0.0804. The highest BCUT2D eigenvalue weighted by atomic mass is 16.6. The number of hydrogen-bond acceptors (Lipinski definition) is 3. The molecule has 20 heavy (non-hydrogen) atoms. The van der Waals surface area contributed by atoms with Crippen LogP contribution < -0.4 is 4.90 Å². The topological polar surface area (TPSA) is 49.9 Å². The van der Waals surface area contributed by atoms with Crippen LogP contribution in [-0.2, 0) is 16.0 Å². The number of carbonyl (C=O) groups excluding carboxylic acids is 2. The first-order valence-corrected chi connectivity index (χ1v) is 7.06. The summed E-state index contributed by atoms with van der Waals surface area (Å²) in [6.07, 6.45) is 2.06.